The molecule has 0 bridgehead atoms. The molecule has 0 N–H and O–H groups in total. The van der Waals surface area contributed by atoms with Crippen LogP contribution in [0.5, 0.6) is 11.5 Å². The van der Waals surface area contributed by atoms with Crippen LogP contribution < -0.4 is 8.85 Å². The maximum absolute atomic E-state index is 11.0. The summed E-state index contributed by atoms with van der Waals surface area (Å²) in [6, 6.07) is 11.9. The molecule has 0 radical (unpaired) electrons. The van der Waals surface area contributed by atoms with E-state index in [4.69, 9.17) is 17.1 Å². The normalized spacial score (nSPS) is 12.3. The molecule has 0 fully saturated rings. The molecule has 0 spiro atoms. The first-order valence-corrected chi connectivity index (χ1v) is 17.9. The van der Waals surface area contributed by atoms with E-state index >= 15 is 0 Å². The summed E-state index contributed by atoms with van der Waals surface area (Å²) in [6.45, 7) is 11.1. The molecule has 0 unspecified atom stereocenters. The molecule has 13 heteroatoms. The molecule has 0 saturated carbocycles. The molecule has 10 nitrogen and oxygen atoms in total. The standard InChI is InChI=1S/C18H26N2O8Si3/c1-29(2,25-17-11-7-9-15(13-17)19(21)22)27-31(5,6)28-30(3,4)26-18-12-8-10-16(14-18)20(23)24/h7-14H,1-6H3. The lowest BCUT2D eigenvalue weighted by Gasteiger charge is -2.37. The van der Waals surface area contributed by atoms with Gasteiger partial charge in [-0.15, -0.1) is 0 Å². The summed E-state index contributed by atoms with van der Waals surface area (Å²) >= 11 is 0. The maximum atomic E-state index is 11.0. The summed E-state index contributed by atoms with van der Waals surface area (Å²) in [6.07, 6.45) is 0. The Morgan fingerprint density at radius 2 is 1.00 bits per heavy atom. The average Bonchev–Trinajstić information content (AvgIpc) is 2.58. The van der Waals surface area contributed by atoms with Crippen molar-refractivity contribution in [3.05, 3.63) is 68.8 Å². The van der Waals surface area contributed by atoms with Gasteiger partial charge in [0, 0.05) is 12.1 Å². The number of benzene rings is 2. The highest BCUT2D eigenvalue weighted by molar-refractivity contribution is 6.84. The number of non-ortho nitro benzene ring substituents is 2. The van der Waals surface area contributed by atoms with Crippen LogP contribution >= 0.6 is 0 Å². The van der Waals surface area contributed by atoms with Crippen LogP contribution in [0.2, 0.25) is 39.3 Å². The first-order chi connectivity index (χ1) is 14.2. The van der Waals surface area contributed by atoms with E-state index in [1.165, 1.54) is 24.3 Å². The van der Waals surface area contributed by atoms with Crippen molar-refractivity contribution in [2.45, 2.75) is 39.3 Å². The summed E-state index contributed by atoms with van der Waals surface area (Å²) in [4.78, 5) is 21.0. The van der Waals surface area contributed by atoms with E-state index in [0.717, 1.165) is 0 Å². The minimum Gasteiger partial charge on any atom is -0.521 e. The van der Waals surface area contributed by atoms with E-state index in [2.05, 4.69) is 0 Å². The van der Waals surface area contributed by atoms with Gasteiger partial charge in [-0.1, -0.05) is 12.1 Å². The first kappa shape index (κ1) is 24.7. The SMILES string of the molecule is C[Si](C)(Oc1cccc([N+](=O)[O-])c1)O[Si](C)(C)O[Si](C)(C)Oc1cccc([N+](=O)[O-])c1. The molecule has 2 aromatic rings. The number of nitro benzene ring substituents is 2. The van der Waals surface area contributed by atoms with Crippen molar-refractivity contribution >= 4 is 37.1 Å². The molecule has 0 aliphatic rings. The van der Waals surface area contributed by atoms with Gasteiger partial charge in [-0.2, -0.15) is 0 Å². The Morgan fingerprint density at radius 3 is 1.32 bits per heavy atom. The number of rotatable bonds is 10. The molecule has 0 saturated heterocycles. The fourth-order valence-electron chi connectivity index (χ4n) is 3.14. The van der Waals surface area contributed by atoms with Crippen LogP contribution in [0.15, 0.2) is 48.5 Å². The van der Waals surface area contributed by atoms with E-state index in [9.17, 15) is 20.2 Å². The summed E-state index contributed by atoms with van der Waals surface area (Å²) in [5, 5.41) is 22.0. The second-order valence-corrected chi connectivity index (χ2v) is 18.6. The van der Waals surface area contributed by atoms with Gasteiger partial charge in [-0.05, 0) is 51.4 Å². The van der Waals surface area contributed by atoms with Gasteiger partial charge < -0.3 is 17.1 Å². The van der Waals surface area contributed by atoms with Crippen molar-refractivity contribution in [2.75, 3.05) is 0 Å². The van der Waals surface area contributed by atoms with E-state index in [1.54, 1.807) is 24.3 Å². The van der Waals surface area contributed by atoms with Crippen molar-refractivity contribution in [1.82, 2.24) is 0 Å². The quantitative estimate of drug-likeness (QED) is 0.260. The van der Waals surface area contributed by atoms with E-state index < -0.39 is 35.5 Å². The third-order valence-corrected chi connectivity index (χ3v) is 13.1. The molecule has 2 aromatic carbocycles. The summed E-state index contributed by atoms with van der Waals surface area (Å²) in [5.74, 6) is 0.722. The highest BCUT2D eigenvalue weighted by Gasteiger charge is 2.43. The second-order valence-electron chi connectivity index (χ2n) is 8.12. The predicted octanol–water partition coefficient (Wildman–Crippen LogP) is 5.10. The Bertz CT molecular complexity index is 893. The Kier molecular flexibility index (Phi) is 7.38. The van der Waals surface area contributed by atoms with Gasteiger partial charge in [0.05, 0.1) is 22.0 Å². The van der Waals surface area contributed by atoms with Crippen LogP contribution in [0.3, 0.4) is 0 Å². The Balaban J connectivity index is 2.07. The average molecular weight is 483 g/mol. The zero-order chi connectivity index (χ0) is 23.4. The van der Waals surface area contributed by atoms with Crippen molar-refractivity contribution in [3.8, 4) is 11.5 Å². The predicted molar refractivity (Wildman–Crippen MR) is 122 cm³/mol. The summed E-state index contributed by atoms with van der Waals surface area (Å²) in [7, 11) is -8.27. The molecule has 0 heterocycles. The van der Waals surface area contributed by atoms with Crippen LogP contribution in [0.1, 0.15) is 0 Å². The van der Waals surface area contributed by atoms with Crippen LogP contribution in [-0.2, 0) is 8.23 Å². The third kappa shape index (κ3) is 7.87. The van der Waals surface area contributed by atoms with Gasteiger partial charge in [0.2, 0.25) is 0 Å². The maximum Gasteiger partial charge on any atom is 0.383 e. The Hall–Kier alpha value is -2.59. The van der Waals surface area contributed by atoms with Crippen molar-refractivity contribution in [2.24, 2.45) is 0 Å². The number of hydrogen-bond acceptors (Lipinski definition) is 8. The van der Waals surface area contributed by atoms with E-state index in [1.807, 2.05) is 39.3 Å². The molecule has 0 aliphatic carbocycles. The van der Waals surface area contributed by atoms with Gasteiger partial charge in [-0.25, -0.2) is 0 Å². The second kappa shape index (κ2) is 9.27. The molecule has 0 aliphatic heterocycles. The molecule has 2 rings (SSSR count). The van der Waals surface area contributed by atoms with Crippen LogP contribution in [0.4, 0.5) is 11.4 Å². The number of hydrogen-bond donors (Lipinski definition) is 0. The highest BCUT2D eigenvalue weighted by atomic mass is 28.5. The zero-order valence-corrected chi connectivity index (χ0v) is 21.3. The fourth-order valence-corrected chi connectivity index (χ4v) is 14.9. The zero-order valence-electron chi connectivity index (χ0n) is 18.3. The van der Waals surface area contributed by atoms with Crippen molar-refractivity contribution < 1.29 is 26.9 Å². The van der Waals surface area contributed by atoms with Gasteiger partial charge in [0.25, 0.3) is 11.4 Å². The molecule has 31 heavy (non-hydrogen) atoms. The van der Waals surface area contributed by atoms with E-state index in [0.29, 0.717) is 11.5 Å². The Morgan fingerprint density at radius 1 is 0.645 bits per heavy atom. The molecule has 168 valence electrons. The largest absolute Gasteiger partial charge is 0.521 e. The van der Waals surface area contributed by atoms with Crippen molar-refractivity contribution in [3.63, 3.8) is 0 Å². The van der Waals surface area contributed by atoms with Crippen LogP contribution in [0.25, 0.3) is 0 Å². The smallest absolute Gasteiger partial charge is 0.383 e. The first-order valence-electron chi connectivity index (χ1n) is 9.45. The molecule has 0 amide bonds. The van der Waals surface area contributed by atoms with Gasteiger partial charge in [0.15, 0.2) is 0 Å². The lowest BCUT2D eigenvalue weighted by Crippen LogP contribution is -2.56. The topological polar surface area (TPSA) is 123 Å². The van der Waals surface area contributed by atoms with Crippen molar-refractivity contribution in [1.29, 1.82) is 0 Å². The van der Waals surface area contributed by atoms with Crippen LogP contribution in [-0.4, -0.2) is 35.5 Å². The molecule has 0 aromatic heterocycles. The summed E-state index contributed by atoms with van der Waals surface area (Å²) in [5.41, 5.74) is -0.122. The van der Waals surface area contributed by atoms with Gasteiger partial charge in [0.1, 0.15) is 11.5 Å². The third-order valence-electron chi connectivity index (χ3n) is 3.77. The Labute approximate surface area is 183 Å². The monoisotopic (exact) mass is 482 g/mol. The fraction of sp³-hybridized carbons (Fsp3) is 0.333. The molecular weight excluding hydrogens is 456 g/mol. The lowest BCUT2D eigenvalue weighted by molar-refractivity contribution is -0.385. The molecular formula is C18H26N2O8Si3. The van der Waals surface area contributed by atoms with Gasteiger partial charge >= 0.3 is 25.7 Å². The highest BCUT2D eigenvalue weighted by Crippen LogP contribution is 2.28. The minimum atomic E-state index is -2.76. The number of nitro groups is 2. The van der Waals surface area contributed by atoms with Crippen LogP contribution in [0, 0.1) is 20.2 Å². The van der Waals surface area contributed by atoms with Gasteiger partial charge in [-0.3, -0.25) is 20.2 Å². The lowest BCUT2D eigenvalue weighted by atomic mass is 10.3. The minimum absolute atomic E-state index is 0.0612. The summed E-state index contributed by atoms with van der Waals surface area (Å²) < 4.78 is 24.5. The number of nitrogens with zero attached hydrogens (tertiary/aromatic N) is 2. The van der Waals surface area contributed by atoms with E-state index in [-0.39, 0.29) is 11.4 Å². The molecule has 0 atom stereocenters.